The Hall–Kier alpha value is -2.92. The van der Waals surface area contributed by atoms with Crippen LogP contribution in [0.1, 0.15) is 11.5 Å². The molecule has 2 fully saturated rings. The van der Waals surface area contributed by atoms with E-state index in [4.69, 9.17) is 14.7 Å². The fraction of sp³-hybridized carbons (Fsp3) is 0.444. The number of hydrogen-bond donors (Lipinski definition) is 2. The summed E-state index contributed by atoms with van der Waals surface area (Å²) in [6.07, 6.45) is 6.71. The lowest BCUT2D eigenvalue weighted by Crippen LogP contribution is -2.47. The first-order valence-corrected chi connectivity index (χ1v) is 14.1. The van der Waals surface area contributed by atoms with Gasteiger partial charge in [-0.3, -0.25) is 9.80 Å². The number of aromatic amines is 2. The highest BCUT2D eigenvalue weighted by atomic mass is 32.2. The number of ether oxygens (including phenoxy) is 1. The molecular formula is C27H32N8OS. The first-order chi connectivity index (χ1) is 18.3. The molecule has 7 rings (SSSR count). The average molecular weight is 517 g/mol. The predicted octanol–water partition coefficient (Wildman–Crippen LogP) is 3.02. The summed E-state index contributed by atoms with van der Waals surface area (Å²) in [5, 5.41) is 1.67. The van der Waals surface area contributed by atoms with Crippen LogP contribution in [-0.4, -0.2) is 99.0 Å². The largest absolute Gasteiger partial charge is 0.378 e. The number of fused-ring (bicyclic) bond motifs is 2. The molecule has 1 aromatic carbocycles. The average Bonchev–Trinajstić information content (AvgIpc) is 3.70. The van der Waals surface area contributed by atoms with E-state index >= 15 is 0 Å². The van der Waals surface area contributed by atoms with Crippen molar-refractivity contribution in [2.75, 3.05) is 63.9 Å². The van der Waals surface area contributed by atoms with Crippen LogP contribution in [0.5, 0.6) is 0 Å². The molecule has 2 saturated heterocycles. The normalized spacial score (nSPS) is 21.1. The summed E-state index contributed by atoms with van der Waals surface area (Å²) in [6.45, 7) is 9.58. The molecule has 0 bridgehead atoms. The molecule has 3 aliphatic rings. The maximum absolute atomic E-state index is 5.65. The minimum atomic E-state index is 0.499. The zero-order valence-electron chi connectivity index (χ0n) is 20.9. The monoisotopic (exact) mass is 516 g/mol. The van der Waals surface area contributed by atoms with Crippen molar-refractivity contribution in [1.82, 2.24) is 34.7 Å². The van der Waals surface area contributed by atoms with Crippen LogP contribution in [-0.2, 0) is 17.7 Å². The van der Waals surface area contributed by atoms with Crippen molar-refractivity contribution in [1.29, 1.82) is 0 Å². The van der Waals surface area contributed by atoms with E-state index in [2.05, 4.69) is 53.9 Å². The van der Waals surface area contributed by atoms with Gasteiger partial charge >= 0.3 is 0 Å². The van der Waals surface area contributed by atoms with E-state index in [0.29, 0.717) is 5.25 Å². The SMILES string of the molecule is c1cc(-c2nc3c(c(N4CCOCC4)n2)SC(CN2CCN(Cc4ncc[nH]4)CC2)C3)c2cc[nH]c2c1. The number of morpholine rings is 1. The summed E-state index contributed by atoms with van der Waals surface area (Å²) in [6, 6.07) is 8.46. The number of anilines is 1. The van der Waals surface area contributed by atoms with E-state index in [9.17, 15) is 0 Å². The number of benzene rings is 1. The summed E-state index contributed by atoms with van der Waals surface area (Å²) in [4.78, 5) is 30.1. The van der Waals surface area contributed by atoms with Gasteiger partial charge in [0.2, 0.25) is 0 Å². The Bertz CT molecular complexity index is 1360. The molecule has 0 spiro atoms. The van der Waals surface area contributed by atoms with Crippen molar-refractivity contribution in [2.45, 2.75) is 23.1 Å². The molecular weight excluding hydrogens is 484 g/mol. The number of piperazine rings is 1. The lowest BCUT2D eigenvalue weighted by atomic mass is 10.1. The third-order valence-corrected chi connectivity index (χ3v) is 8.93. The molecule has 4 aromatic rings. The molecule has 3 aliphatic heterocycles. The van der Waals surface area contributed by atoms with Crippen LogP contribution in [0.2, 0.25) is 0 Å². The Morgan fingerprint density at radius 2 is 1.81 bits per heavy atom. The second-order valence-corrected chi connectivity index (χ2v) is 11.4. The summed E-state index contributed by atoms with van der Waals surface area (Å²) in [7, 11) is 0. The van der Waals surface area contributed by atoms with Crippen LogP contribution in [0.25, 0.3) is 22.3 Å². The molecule has 2 N–H and O–H groups in total. The number of nitrogens with one attached hydrogen (secondary N) is 2. The minimum Gasteiger partial charge on any atom is -0.378 e. The predicted molar refractivity (Wildman–Crippen MR) is 146 cm³/mol. The fourth-order valence-electron chi connectivity index (χ4n) is 5.67. The van der Waals surface area contributed by atoms with Gasteiger partial charge in [0.05, 0.1) is 30.3 Å². The van der Waals surface area contributed by atoms with E-state index < -0.39 is 0 Å². The van der Waals surface area contributed by atoms with Crippen molar-refractivity contribution in [3.63, 3.8) is 0 Å². The maximum Gasteiger partial charge on any atom is 0.162 e. The van der Waals surface area contributed by atoms with Crippen LogP contribution >= 0.6 is 11.8 Å². The number of hydrogen-bond acceptors (Lipinski definition) is 8. The van der Waals surface area contributed by atoms with Crippen molar-refractivity contribution in [2.24, 2.45) is 0 Å². The Balaban J connectivity index is 1.10. The molecule has 192 valence electrons. The molecule has 1 unspecified atom stereocenters. The minimum absolute atomic E-state index is 0.499. The lowest BCUT2D eigenvalue weighted by molar-refractivity contribution is 0.122. The van der Waals surface area contributed by atoms with Gasteiger partial charge in [0.15, 0.2) is 5.82 Å². The highest BCUT2D eigenvalue weighted by Gasteiger charge is 2.32. The quantitative estimate of drug-likeness (QED) is 0.404. The van der Waals surface area contributed by atoms with Crippen molar-refractivity contribution in [3.05, 3.63) is 54.4 Å². The molecule has 0 saturated carbocycles. The van der Waals surface area contributed by atoms with Crippen molar-refractivity contribution < 1.29 is 4.74 Å². The Kier molecular flexibility index (Phi) is 6.33. The Morgan fingerprint density at radius 1 is 0.946 bits per heavy atom. The van der Waals surface area contributed by atoms with Crippen molar-refractivity contribution in [3.8, 4) is 11.4 Å². The van der Waals surface area contributed by atoms with E-state index in [1.165, 1.54) is 16.0 Å². The van der Waals surface area contributed by atoms with Crippen LogP contribution in [0.15, 0.2) is 47.8 Å². The third-order valence-electron chi connectivity index (χ3n) is 7.62. The van der Waals surface area contributed by atoms with Gasteiger partial charge in [-0.2, -0.15) is 0 Å². The van der Waals surface area contributed by atoms with E-state index in [0.717, 1.165) is 101 Å². The third kappa shape index (κ3) is 4.74. The number of thioether (sulfide) groups is 1. The maximum atomic E-state index is 5.65. The summed E-state index contributed by atoms with van der Waals surface area (Å²) in [5.74, 6) is 2.97. The molecule has 9 nitrogen and oxygen atoms in total. The topological polar surface area (TPSA) is 89.2 Å². The van der Waals surface area contributed by atoms with E-state index in [1.807, 2.05) is 30.4 Å². The van der Waals surface area contributed by atoms with E-state index in [1.54, 1.807) is 0 Å². The Morgan fingerprint density at radius 3 is 2.65 bits per heavy atom. The van der Waals surface area contributed by atoms with Gasteiger partial charge in [-0.15, -0.1) is 11.8 Å². The number of nitrogens with zero attached hydrogens (tertiary/aromatic N) is 6. The van der Waals surface area contributed by atoms with Gasteiger partial charge in [-0.05, 0) is 12.1 Å². The van der Waals surface area contributed by atoms with Gasteiger partial charge in [-0.1, -0.05) is 12.1 Å². The summed E-state index contributed by atoms with van der Waals surface area (Å²) < 4.78 is 5.65. The van der Waals surface area contributed by atoms with E-state index in [-0.39, 0.29) is 0 Å². The highest BCUT2D eigenvalue weighted by molar-refractivity contribution is 8.00. The highest BCUT2D eigenvalue weighted by Crippen LogP contribution is 2.43. The van der Waals surface area contributed by atoms with Gasteiger partial charge in [0, 0.05) is 92.5 Å². The molecule has 6 heterocycles. The number of rotatable bonds is 6. The smallest absolute Gasteiger partial charge is 0.162 e. The van der Waals surface area contributed by atoms with Crippen molar-refractivity contribution >= 4 is 28.5 Å². The second-order valence-electron chi connectivity index (χ2n) is 10.0. The van der Waals surface area contributed by atoms with Crippen LogP contribution in [0, 0.1) is 0 Å². The molecule has 0 radical (unpaired) electrons. The number of H-pyrrole nitrogens is 2. The van der Waals surface area contributed by atoms with Gasteiger partial charge in [0.1, 0.15) is 11.6 Å². The first-order valence-electron chi connectivity index (χ1n) is 13.2. The molecule has 0 amide bonds. The van der Waals surface area contributed by atoms with Crippen LogP contribution in [0.4, 0.5) is 5.82 Å². The summed E-state index contributed by atoms with van der Waals surface area (Å²) in [5.41, 5.74) is 3.41. The zero-order chi connectivity index (χ0) is 24.6. The first kappa shape index (κ1) is 23.2. The lowest BCUT2D eigenvalue weighted by Gasteiger charge is -2.35. The van der Waals surface area contributed by atoms with Gasteiger partial charge in [-0.25, -0.2) is 15.0 Å². The Labute approximate surface area is 220 Å². The standard InChI is InChI=1S/C27H32N8OS/c1-2-21(20-4-5-28-22(20)3-1)26-31-23-16-19(37-25(23)27(32-26)35-12-14-36-15-13-35)17-33-8-10-34(11-9-33)18-24-29-6-7-30-24/h1-7,19,28H,8-18H2,(H,29,30). The molecule has 37 heavy (non-hydrogen) atoms. The molecule has 3 aromatic heterocycles. The molecule has 10 heteroatoms. The molecule has 1 atom stereocenters. The van der Waals surface area contributed by atoms with Gasteiger partial charge < -0.3 is 19.6 Å². The van der Waals surface area contributed by atoms with Crippen LogP contribution in [0.3, 0.4) is 0 Å². The zero-order valence-corrected chi connectivity index (χ0v) is 21.7. The number of aromatic nitrogens is 5. The fourth-order valence-corrected chi connectivity index (χ4v) is 7.08. The summed E-state index contributed by atoms with van der Waals surface area (Å²) >= 11 is 1.98. The van der Waals surface area contributed by atoms with Crippen LogP contribution < -0.4 is 4.90 Å². The molecule has 0 aliphatic carbocycles. The van der Waals surface area contributed by atoms with Gasteiger partial charge in [0.25, 0.3) is 0 Å². The second kappa shape index (κ2) is 10.1. The number of imidazole rings is 1.